The van der Waals surface area contributed by atoms with E-state index >= 15 is 0 Å². The largest absolute Gasteiger partial charge is 0.458 e. The lowest BCUT2D eigenvalue weighted by Crippen LogP contribution is -2.57. The molecule has 0 unspecified atom stereocenters. The van der Waals surface area contributed by atoms with Gasteiger partial charge in [-0.15, -0.1) is 0 Å². The van der Waals surface area contributed by atoms with Crippen LogP contribution < -0.4 is 5.32 Å². The fourth-order valence-electron chi connectivity index (χ4n) is 2.23. The average Bonchev–Trinajstić information content (AvgIpc) is 2.76. The molecule has 0 aromatic carbocycles. The van der Waals surface area contributed by atoms with Crippen molar-refractivity contribution in [1.82, 2.24) is 10.2 Å². The number of Topliss-reactive ketones (excluding diaryl/α,β-unsaturated/α-hetero) is 1. The second-order valence-electron chi connectivity index (χ2n) is 5.04. The Bertz CT molecular complexity index is 403. The van der Waals surface area contributed by atoms with Crippen LogP contribution in [-0.2, 0) is 0 Å². The average molecular weight is 236 g/mol. The Labute approximate surface area is 102 Å². The predicted octanol–water partition coefficient (Wildman–Crippen LogP) is 1.45. The third kappa shape index (κ3) is 2.42. The van der Waals surface area contributed by atoms with Crippen LogP contribution in [0.5, 0.6) is 0 Å². The first-order valence-electron chi connectivity index (χ1n) is 6.09. The second-order valence-corrected chi connectivity index (χ2v) is 5.04. The molecule has 0 amide bonds. The maximum absolute atomic E-state index is 12.4. The summed E-state index contributed by atoms with van der Waals surface area (Å²) in [7, 11) is 0. The second kappa shape index (κ2) is 4.63. The standard InChI is InChI=1S/C13H20N2O2/c1-10-4-5-11(17-10)12(16)13(2,3)15-8-6-14-7-9-15/h4-5,14H,6-9H2,1-3H3. The predicted molar refractivity (Wildman–Crippen MR) is 66.3 cm³/mol. The molecule has 2 heterocycles. The maximum Gasteiger partial charge on any atom is 0.217 e. The molecule has 1 N–H and O–H groups in total. The lowest BCUT2D eigenvalue weighted by molar-refractivity contribution is 0.0573. The minimum Gasteiger partial charge on any atom is -0.458 e. The summed E-state index contributed by atoms with van der Waals surface area (Å²) < 4.78 is 5.43. The highest BCUT2D eigenvalue weighted by atomic mass is 16.3. The Balaban J connectivity index is 2.16. The first kappa shape index (κ1) is 12.3. The van der Waals surface area contributed by atoms with Crippen LogP contribution >= 0.6 is 0 Å². The van der Waals surface area contributed by atoms with Gasteiger partial charge in [-0.25, -0.2) is 0 Å². The topological polar surface area (TPSA) is 45.5 Å². The summed E-state index contributed by atoms with van der Waals surface area (Å²) in [5.41, 5.74) is -0.494. The number of hydrogen-bond acceptors (Lipinski definition) is 4. The summed E-state index contributed by atoms with van der Waals surface area (Å²) in [6, 6.07) is 3.60. The molecule has 1 saturated heterocycles. The smallest absolute Gasteiger partial charge is 0.217 e. The van der Waals surface area contributed by atoms with Crippen molar-refractivity contribution in [1.29, 1.82) is 0 Å². The van der Waals surface area contributed by atoms with E-state index in [-0.39, 0.29) is 5.78 Å². The first-order valence-corrected chi connectivity index (χ1v) is 6.09. The van der Waals surface area contributed by atoms with Crippen molar-refractivity contribution in [2.45, 2.75) is 26.3 Å². The van der Waals surface area contributed by atoms with E-state index in [1.165, 1.54) is 0 Å². The van der Waals surface area contributed by atoms with Gasteiger partial charge in [-0.05, 0) is 32.9 Å². The molecule has 0 spiro atoms. The van der Waals surface area contributed by atoms with Gasteiger partial charge >= 0.3 is 0 Å². The number of ketones is 1. The summed E-state index contributed by atoms with van der Waals surface area (Å²) in [4.78, 5) is 14.6. The Hall–Kier alpha value is -1.13. The molecule has 0 saturated carbocycles. The van der Waals surface area contributed by atoms with E-state index in [0.29, 0.717) is 5.76 Å². The van der Waals surface area contributed by atoms with Crippen LogP contribution in [0.4, 0.5) is 0 Å². The number of piperazine rings is 1. The van der Waals surface area contributed by atoms with Crippen LogP contribution in [0.25, 0.3) is 0 Å². The number of hydrogen-bond donors (Lipinski definition) is 1. The zero-order chi connectivity index (χ0) is 12.5. The minimum absolute atomic E-state index is 0.0625. The van der Waals surface area contributed by atoms with Crippen LogP contribution in [0.15, 0.2) is 16.5 Å². The van der Waals surface area contributed by atoms with Crippen molar-refractivity contribution >= 4 is 5.78 Å². The number of aryl methyl sites for hydroxylation is 1. The van der Waals surface area contributed by atoms with Crippen LogP contribution in [0, 0.1) is 6.92 Å². The maximum atomic E-state index is 12.4. The zero-order valence-electron chi connectivity index (χ0n) is 10.7. The summed E-state index contributed by atoms with van der Waals surface area (Å²) in [5, 5.41) is 3.29. The molecule has 1 aliphatic rings. The van der Waals surface area contributed by atoms with Crippen molar-refractivity contribution in [3.63, 3.8) is 0 Å². The van der Waals surface area contributed by atoms with Gasteiger partial charge in [0.05, 0.1) is 5.54 Å². The van der Waals surface area contributed by atoms with Gasteiger partial charge in [0.25, 0.3) is 0 Å². The van der Waals surface area contributed by atoms with E-state index in [1.807, 2.05) is 26.8 Å². The molecule has 1 aliphatic heterocycles. The molecule has 2 rings (SSSR count). The van der Waals surface area contributed by atoms with Crippen molar-refractivity contribution in [3.05, 3.63) is 23.7 Å². The molecule has 4 heteroatoms. The molecular formula is C13H20N2O2. The fraction of sp³-hybridized carbons (Fsp3) is 0.615. The molecule has 0 aliphatic carbocycles. The van der Waals surface area contributed by atoms with Gasteiger partial charge < -0.3 is 9.73 Å². The van der Waals surface area contributed by atoms with E-state index in [0.717, 1.165) is 31.9 Å². The van der Waals surface area contributed by atoms with E-state index in [9.17, 15) is 4.79 Å². The van der Waals surface area contributed by atoms with E-state index in [1.54, 1.807) is 6.07 Å². The SMILES string of the molecule is Cc1ccc(C(=O)C(C)(C)N2CCNCC2)o1. The van der Waals surface area contributed by atoms with Gasteiger partial charge in [-0.3, -0.25) is 9.69 Å². The van der Waals surface area contributed by atoms with Gasteiger partial charge in [0.15, 0.2) is 5.76 Å². The molecule has 1 aromatic heterocycles. The van der Waals surface area contributed by atoms with Gasteiger partial charge in [0.2, 0.25) is 5.78 Å². The van der Waals surface area contributed by atoms with Crippen LogP contribution in [0.1, 0.15) is 30.2 Å². The highest BCUT2D eigenvalue weighted by molar-refractivity contribution is 6.00. The Morgan fingerprint density at radius 1 is 1.35 bits per heavy atom. The number of nitrogens with one attached hydrogen (secondary N) is 1. The minimum atomic E-state index is -0.494. The van der Waals surface area contributed by atoms with Gasteiger partial charge in [0.1, 0.15) is 5.76 Å². The normalized spacial score (nSPS) is 18.3. The highest BCUT2D eigenvalue weighted by Crippen LogP contribution is 2.22. The first-order chi connectivity index (χ1) is 8.01. The molecule has 0 atom stereocenters. The molecule has 94 valence electrons. The molecule has 4 nitrogen and oxygen atoms in total. The number of furan rings is 1. The number of carbonyl (C=O) groups excluding carboxylic acids is 1. The van der Waals surface area contributed by atoms with Crippen LogP contribution in [0.3, 0.4) is 0 Å². The van der Waals surface area contributed by atoms with Crippen LogP contribution in [0.2, 0.25) is 0 Å². The summed E-state index contributed by atoms with van der Waals surface area (Å²) >= 11 is 0. The van der Waals surface area contributed by atoms with Gasteiger partial charge in [0, 0.05) is 26.2 Å². The van der Waals surface area contributed by atoms with E-state index in [2.05, 4.69) is 10.2 Å². The van der Waals surface area contributed by atoms with Gasteiger partial charge in [-0.1, -0.05) is 0 Å². The molecule has 0 radical (unpaired) electrons. The summed E-state index contributed by atoms with van der Waals surface area (Å²) in [5.74, 6) is 1.31. The Morgan fingerprint density at radius 3 is 2.53 bits per heavy atom. The van der Waals surface area contributed by atoms with Crippen LogP contribution in [-0.4, -0.2) is 42.4 Å². The van der Waals surface area contributed by atoms with Crippen molar-refractivity contribution in [2.24, 2.45) is 0 Å². The van der Waals surface area contributed by atoms with Crippen molar-refractivity contribution in [2.75, 3.05) is 26.2 Å². The number of rotatable bonds is 3. The highest BCUT2D eigenvalue weighted by Gasteiger charge is 2.37. The molecule has 17 heavy (non-hydrogen) atoms. The lowest BCUT2D eigenvalue weighted by Gasteiger charge is -2.39. The number of nitrogens with zero attached hydrogens (tertiary/aromatic N) is 1. The lowest BCUT2D eigenvalue weighted by atomic mass is 9.94. The van der Waals surface area contributed by atoms with E-state index < -0.39 is 5.54 Å². The van der Waals surface area contributed by atoms with E-state index in [4.69, 9.17) is 4.42 Å². The molecular weight excluding hydrogens is 216 g/mol. The molecule has 1 aromatic rings. The third-order valence-corrected chi connectivity index (χ3v) is 3.43. The fourth-order valence-corrected chi connectivity index (χ4v) is 2.23. The third-order valence-electron chi connectivity index (χ3n) is 3.43. The Kier molecular flexibility index (Phi) is 3.35. The van der Waals surface area contributed by atoms with Gasteiger partial charge in [-0.2, -0.15) is 0 Å². The summed E-state index contributed by atoms with van der Waals surface area (Å²) in [6.07, 6.45) is 0. The monoisotopic (exact) mass is 236 g/mol. The molecule has 1 fully saturated rings. The number of carbonyl (C=O) groups is 1. The molecule has 0 bridgehead atoms. The van der Waals surface area contributed by atoms with Crippen molar-refractivity contribution in [3.8, 4) is 0 Å². The zero-order valence-corrected chi connectivity index (χ0v) is 10.7. The quantitative estimate of drug-likeness (QED) is 0.807. The summed E-state index contributed by atoms with van der Waals surface area (Å²) in [6.45, 7) is 9.48. The van der Waals surface area contributed by atoms with Crippen molar-refractivity contribution < 1.29 is 9.21 Å². The Morgan fingerprint density at radius 2 is 2.00 bits per heavy atom.